The van der Waals surface area contributed by atoms with Gasteiger partial charge in [0.05, 0.1) is 6.10 Å². The Morgan fingerprint density at radius 3 is 2.50 bits per heavy atom. The fourth-order valence-electron chi connectivity index (χ4n) is 1.24. The van der Waals surface area contributed by atoms with Gasteiger partial charge < -0.3 is 5.11 Å². The van der Waals surface area contributed by atoms with Crippen LogP contribution in [-0.4, -0.2) is 13.0 Å². The van der Waals surface area contributed by atoms with Crippen LogP contribution in [0, 0.1) is 0 Å². The van der Waals surface area contributed by atoms with Crippen LogP contribution in [-0.2, 0) is 0 Å². The molecule has 1 nitrogen and oxygen atoms in total. The minimum atomic E-state index is -0.272. The first-order valence-corrected chi connectivity index (χ1v) is 4.57. The van der Waals surface area contributed by atoms with Crippen molar-refractivity contribution in [3.63, 3.8) is 0 Å². The van der Waals surface area contributed by atoms with E-state index in [9.17, 15) is 5.11 Å². The number of aliphatic hydroxyl groups is 1. The maximum absolute atomic E-state index is 9.65. The molecule has 0 radical (unpaired) electrons. The molecular formula is C10H15BO. The van der Waals surface area contributed by atoms with E-state index in [4.69, 9.17) is 0 Å². The van der Waals surface area contributed by atoms with Gasteiger partial charge in [-0.05, 0) is 12.0 Å². The van der Waals surface area contributed by atoms with Crippen molar-refractivity contribution in [3.05, 3.63) is 35.9 Å². The Kier molecular flexibility index (Phi) is 3.88. The molecule has 64 valence electrons. The van der Waals surface area contributed by atoms with Gasteiger partial charge in [-0.1, -0.05) is 43.1 Å². The third-order valence-electron chi connectivity index (χ3n) is 2.02. The smallest absolute Gasteiger partial charge is 0.101 e. The summed E-state index contributed by atoms with van der Waals surface area (Å²) < 4.78 is 0. The molecule has 0 aliphatic carbocycles. The van der Waals surface area contributed by atoms with Crippen molar-refractivity contribution >= 4 is 7.85 Å². The normalized spacial score (nSPS) is 12.8. The molecule has 0 fully saturated rings. The van der Waals surface area contributed by atoms with Crippen LogP contribution in [0.15, 0.2) is 30.3 Å². The molecule has 0 heterocycles. The van der Waals surface area contributed by atoms with Crippen molar-refractivity contribution in [3.8, 4) is 0 Å². The van der Waals surface area contributed by atoms with Gasteiger partial charge in [-0.25, -0.2) is 0 Å². The Morgan fingerprint density at radius 1 is 1.25 bits per heavy atom. The zero-order chi connectivity index (χ0) is 8.81. The summed E-state index contributed by atoms with van der Waals surface area (Å²) in [7, 11) is 2.14. The molecule has 0 amide bonds. The quantitative estimate of drug-likeness (QED) is 0.666. The lowest BCUT2D eigenvalue weighted by Gasteiger charge is -2.09. The summed E-state index contributed by atoms with van der Waals surface area (Å²) in [5.41, 5.74) is 1.03. The van der Waals surface area contributed by atoms with Gasteiger partial charge in [-0.15, -0.1) is 0 Å². The highest BCUT2D eigenvalue weighted by Gasteiger charge is 2.04. The molecule has 1 aromatic carbocycles. The monoisotopic (exact) mass is 162 g/mol. The number of benzene rings is 1. The molecule has 1 atom stereocenters. The Hall–Kier alpha value is -0.755. The molecule has 1 N–H and O–H groups in total. The predicted molar refractivity (Wildman–Crippen MR) is 54.0 cm³/mol. The first-order chi connectivity index (χ1) is 5.84. The Bertz CT molecular complexity index is 210. The maximum atomic E-state index is 9.65. The highest BCUT2D eigenvalue weighted by molar-refractivity contribution is 6.08. The van der Waals surface area contributed by atoms with Crippen LogP contribution in [0.1, 0.15) is 24.5 Å². The van der Waals surface area contributed by atoms with E-state index in [0.717, 1.165) is 24.7 Å². The highest BCUT2D eigenvalue weighted by Crippen LogP contribution is 2.17. The average Bonchev–Trinajstić information content (AvgIpc) is 2.15. The molecule has 2 heteroatoms. The van der Waals surface area contributed by atoms with Gasteiger partial charge in [0.2, 0.25) is 0 Å². The van der Waals surface area contributed by atoms with Gasteiger partial charge in [0.1, 0.15) is 7.85 Å². The van der Waals surface area contributed by atoms with Crippen molar-refractivity contribution in [2.45, 2.75) is 25.3 Å². The number of aliphatic hydroxyl groups excluding tert-OH is 1. The molecule has 0 saturated carbocycles. The summed E-state index contributed by atoms with van der Waals surface area (Å²) >= 11 is 0. The predicted octanol–water partition coefficient (Wildman–Crippen LogP) is 1.55. The number of hydrogen-bond acceptors (Lipinski definition) is 1. The van der Waals surface area contributed by atoms with Crippen molar-refractivity contribution < 1.29 is 5.11 Å². The summed E-state index contributed by atoms with van der Waals surface area (Å²) in [5, 5.41) is 9.65. The van der Waals surface area contributed by atoms with Crippen molar-refractivity contribution in [1.29, 1.82) is 0 Å². The van der Waals surface area contributed by atoms with E-state index >= 15 is 0 Å². The third-order valence-corrected chi connectivity index (χ3v) is 2.02. The summed E-state index contributed by atoms with van der Waals surface area (Å²) in [4.78, 5) is 0. The molecule has 1 aromatic rings. The second-order valence-corrected chi connectivity index (χ2v) is 3.07. The Labute approximate surface area is 74.8 Å². The fraction of sp³-hybridized carbons (Fsp3) is 0.400. The first-order valence-electron chi connectivity index (χ1n) is 4.57. The zero-order valence-corrected chi connectivity index (χ0v) is 7.53. The highest BCUT2D eigenvalue weighted by atomic mass is 16.3. The van der Waals surface area contributed by atoms with E-state index < -0.39 is 0 Å². The average molecular weight is 162 g/mol. The second-order valence-electron chi connectivity index (χ2n) is 3.07. The van der Waals surface area contributed by atoms with Crippen LogP contribution in [0.5, 0.6) is 0 Å². The van der Waals surface area contributed by atoms with Gasteiger partial charge in [0.25, 0.3) is 0 Å². The molecule has 0 aliphatic rings. The molecular weight excluding hydrogens is 147 g/mol. The minimum absolute atomic E-state index is 0.272. The largest absolute Gasteiger partial charge is 0.388 e. The Morgan fingerprint density at radius 2 is 1.92 bits per heavy atom. The summed E-state index contributed by atoms with van der Waals surface area (Å²) in [6, 6.07) is 9.84. The second kappa shape index (κ2) is 4.99. The van der Waals surface area contributed by atoms with Gasteiger partial charge in [-0.2, -0.15) is 0 Å². The SMILES string of the molecule is BCCC[C@@H](O)c1ccccc1. The molecule has 0 bridgehead atoms. The molecule has 0 unspecified atom stereocenters. The van der Waals surface area contributed by atoms with Crippen LogP contribution in [0.4, 0.5) is 0 Å². The molecule has 0 aromatic heterocycles. The minimum Gasteiger partial charge on any atom is -0.388 e. The van der Waals surface area contributed by atoms with Gasteiger partial charge in [0, 0.05) is 0 Å². The van der Waals surface area contributed by atoms with Gasteiger partial charge >= 0.3 is 0 Å². The van der Waals surface area contributed by atoms with E-state index in [0.29, 0.717) is 0 Å². The van der Waals surface area contributed by atoms with Crippen LogP contribution >= 0.6 is 0 Å². The van der Waals surface area contributed by atoms with E-state index in [1.807, 2.05) is 30.3 Å². The standard InChI is InChI=1S/C10H15BO/c11-8-4-7-10(12)9-5-2-1-3-6-9/h1-3,5-6,10,12H,4,7-8,11H2/t10-/m1/s1. The van der Waals surface area contributed by atoms with Gasteiger partial charge in [-0.3, -0.25) is 0 Å². The molecule has 0 spiro atoms. The summed E-state index contributed by atoms with van der Waals surface area (Å²) in [6.45, 7) is 0. The third kappa shape index (κ3) is 2.70. The van der Waals surface area contributed by atoms with Crippen molar-refractivity contribution in [2.75, 3.05) is 0 Å². The van der Waals surface area contributed by atoms with Crippen molar-refractivity contribution in [2.24, 2.45) is 0 Å². The molecule has 12 heavy (non-hydrogen) atoms. The van der Waals surface area contributed by atoms with Crippen LogP contribution < -0.4 is 0 Å². The fourth-order valence-corrected chi connectivity index (χ4v) is 1.24. The topological polar surface area (TPSA) is 20.2 Å². The lowest BCUT2D eigenvalue weighted by molar-refractivity contribution is 0.166. The Balaban J connectivity index is 2.48. The molecule has 0 saturated heterocycles. The molecule has 0 aliphatic heterocycles. The van der Waals surface area contributed by atoms with Crippen LogP contribution in [0.3, 0.4) is 0 Å². The van der Waals surface area contributed by atoms with Crippen LogP contribution in [0.2, 0.25) is 6.32 Å². The lowest BCUT2D eigenvalue weighted by Crippen LogP contribution is -1.96. The first kappa shape index (κ1) is 9.33. The number of hydrogen-bond donors (Lipinski definition) is 1. The van der Waals surface area contributed by atoms with E-state index in [1.165, 1.54) is 0 Å². The van der Waals surface area contributed by atoms with E-state index in [2.05, 4.69) is 7.85 Å². The van der Waals surface area contributed by atoms with Crippen molar-refractivity contribution in [1.82, 2.24) is 0 Å². The summed E-state index contributed by atoms with van der Waals surface area (Å²) in [5.74, 6) is 0. The lowest BCUT2D eigenvalue weighted by atomic mass is 9.96. The van der Waals surface area contributed by atoms with E-state index in [-0.39, 0.29) is 6.10 Å². The number of rotatable bonds is 4. The van der Waals surface area contributed by atoms with Gasteiger partial charge in [0.15, 0.2) is 0 Å². The van der Waals surface area contributed by atoms with E-state index in [1.54, 1.807) is 0 Å². The maximum Gasteiger partial charge on any atom is 0.101 e. The summed E-state index contributed by atoms with van der Waals surface area (Å²) in [6.07, 6.45) is 2.84. The zero-order valence-electron chi connectivity index (χ0n) is 7.53. The van der Waals surface area contributed by atoms with Crippen LogP contribution in [0.25, 0.3) is 0 Å². The molecule has 1 rings (SSSR count).